The maximum absolute atomic E-state index is 11.8. The topological polar surface area (TPSA) is 68.0 Å². The summed E-state index contributed by atoms with van der Waals surface area (Å²) in [6, 6.07) is 5.93. The number of thiazole rings is 1. The highest BCUT2D eigenvalue weighted by Gasteiger charge is 2.07. The van der Waals surface area contributed by atoms with Gasteiger partial charge in [0.2, 0.25) is 5.91 Å². The van der Waals surface area contributed by atoms with E-state index in [2.05, 4.69) is 32.9 Å². The number of hydrogen-bond donors (Lipinski definition) is 2. The molecule has 0 aliphatic heterocycles. The molecule has 100 valence electrons. The van der Waals surface area contributed by atoms with Gasteiger partial charge in [0, 0.05) is 9.26 Å². The minimum atomic E-state index is -0.0266. The molecule has 1 heterocycles. The normalized spacial score (nSPS) is 10.4. The Morgan fingerprint density at radius 2 is 2.37 bits per heavy atom. The van der Waals surface area contributed by atoms with E-state index in [9.17, 15) is 4.79 Å². The number of halogens is 1. The number of carbonyl (C=O) groups excluding carboxylic acids is 1. The van der Waals surface area contributed by atoms with Gasteiger partial charge in [-0.3, -0.25) is 4.79 Å². The lowest BCUT2D eigenvalue weighted by Crippen LogP contribution is -2.14. The number of aryl methyl sites for hydroxylation is 1. The van der Waals surface area contributed by atoms with Crippen molar-refractivity contribution in [2.45, 2.75) is 11.1 Å². The first kappa shape index (κ1) is 14.6. The molecule has 19 heavy (non-hydrogen) atoms. The number of rotatable bonds is 4. The van der Waals surface area contributed by atoms with Crippen molar-refractivity contribution in [2.75, 3.05) is 16.8 Å². The van der Waals surface area contributed by atoms with Crippen LogP contribution in [0.1, 0.15) is 5.56 Å². The lowest BCUT2D eigenvalue weighted by Gasteiger charge is -2.08. The zero-order valence-electron chi connectivity index (χ0n) is 10.1. The third-order valence-corrected chi connectivity index (χ3v) is 5.00. The molecule has 3 N–H and O–H groups in total. The van der Waals surface area contributed by atoms with Gasteiger partial charge in [0.1, 0.15) is 0 Å². The van der Waals surface area contributed by atoms with Gasteiger partial charge in [0.25, 0.3) is 0 Å². The first-order chi connectivity index (χ1) is 9.04. The molecule has 0 bridgehead atoms. The first-order valence-electron chi connectivity index (χ1n) is 5.44. The second kappa shape index (κ2) is 6.58. The van der Waals surface area contributed by atoms with Crippen molar-refractivity contribution < 1.29 is 4.79 Å². The molecule has 1 aromatic carbocycles. The highest BCUT2D eigenvalue weighted by molar-refractivity contribution is 14.1. The second-order valence-corrected chi connectivity index (χ2v) is 7.40. The molecule has 0 fully saturated rings. The van der Waals surface area contributed by atoms with Crippen molar-refractivity contribution in [3.63, 3.8) is 0 Å². The van der Waals surface area contributed by atoms with Crippen LogP contribution in [0.5, 0.6) is 0 Å². The third kappa shape index (κ3) is 4.36. The van der Waals surface area contributed by atoms with E-state index in [0.29, 0.717) is 10.9 Å². The van der Waals surface area contributed by atoms with Gasteiger partial charge in [-0.15, -0.1) is 11.8 Å². The van der Waals surface area contributed by atoms with Crippen molar-refractivity contribution in [1.29, 1.82) is 0 Å². The van der Waals surface area contributed by atoms with E-state index in [1.165, 1.54) is 23.1 Å². The van der Waals surface area contributed by atoms with Gasteiger partial charge in [-0.05, 0) is 53.3 Å². The predicted molar refractivity (Wildman–Crippen MR) is 89.8 cm³/mol. The fraction of sp³-hybridized carbons (Fsp3) is 0.167. The zero-order valence-corrected chi connectivity index (χ0v) is 13.9. The number of aromatic nitrogens is 1. The number of thioether (sulfide) groups is 1. The Hall–Kier alpha value is -0.800. The fourth-order valence-corrected chi connectivity index (χ4v) is 3.63. The first-order valence-corrected chi connectivity index (χ1v) is 8.33. The van der Waals surface area contributed by atoms with Crippen molar-refractivity contribution in [2.24, 2.45) is 0 Å². The number of benzene rings is 1. The Morgan fingerprint density at radius 3 is 3.00 bits per heavy atom. The van der Waals surface area contributed by atoms with Crippen LogP contribution < -0.4 is 11.1 Å². The van der Waals surface area contributed by atoms with Gasteiger partial charge < -0.3 is 11.1 Å². The van der Waals surface area contributed by atoms with Crippen LogP contribution in [0.15, 0.2) is 28.6 Å². The van der Waals surface area contributed by atoms with E-state index in [0.717, 1.165) is 19.0 Å². The highest BCUT2D eigenvalue weighted by Crippen LogP contribution is 2.26. The number of amides is 1. The molecule has 4 nitrogen and oxygen atoms in total. The molecule has 7 heteroatoms. The second-order valence-electron chi connectivity index (χ2n) is 3.81. The summed E-state index contributed by atoms with van der Waals surface area (Å²) in [6.45, 7) is 1.98. The lowest BCUT2D eigenvalue weighted by molar-refractivity contribution is -0.113. The summed E-state index contributed by atoms with van der Waals surface area (Å²) in [7, 11) is 0. The van der Waals surface area contributed by atoms with Crippen molar-refractivity contribution in [1.82, 2.24) is 4.98 Å². The number of nitrogens with two attached hydrogens (primary N) is 1. The maximum atomic E-state index is 11.8. The molecule has 0 unspecified atom stereocenters. The molecule has 0 spiro atoms. The average Bonchev–Trinajstić information content (AvgIpc) is 2.76. The summed E-state index contributed by atoms with van der Waals surface area (Å²) < 4.78 is 2.11. The fourth-order valence-electron chi connectivity index (χ4n) is 1.43. The largest absolute Gasteiger partial charge is 0.375 e. The Morgan fingerprint density at radius 1 is 1.58 bits per heavy atom. The van der Waals surface area contributed by atoms with Crippen LogP contribution in [0.3, 0.4) is 0 Å². The summed E-state index contributed by atoms with van der Waals surface area (Å²) in [5.74, 6) is 0.328. The Kier molecular flexibility index (Phi) is 5.06. The summed E-state index contributed by atoms with van der Waals surface area (Å²) >= 11 is 5.08. The van der Waals surface area contributed by atoms with E-state index in [4.69, 9.17) is 5.73 Å². The number of hydrogen-bond acceptors (Lipinski definition) is 5. The number of carbonyl (C=O) groups is 1. The average molecular weight is 405 g/mol. The third-order valence-electron chi connectivity index (χ3n) is 2.31. The molecule has 2 aromatic rings. The van der Waals surface area contributed by atoms with E-state index in [1.54, 1.807) is 6.20 Å². The minimum absolute atomic E-state index is 0.0266. The van der Waals surface area contributed by atoms with Crippen LogP contribution >= 0.6 is 45.7 Å². The Labute approximate surface area is 133 Å². The van der Waals surface area contributed by atoms with Crippen LogP contribution in [-0.4, -0.2) is 16.6 Å². The van der Waals surface area contributed by atoms with Gasteiger partial charge in [-0.25, -0.2) is 4.98 Å². The highest BCUT2D eigenvalue weighted by atomic mass is 127. The lowest BCUT2D eigenvalue weighted by atomic mass is 10.2. The van der Waals surface area contributed by atoms with Crippen LogP contribution in [-0.2, 0) is 4.79 Å². The molecule has 1 aromatic heterocycles. The van der Waals surface area contributed by atoms with Crippen LogP contribution in [0.25, 0.3) is 0 Å². The minimum Gasteiger partial charge on any atom is -0.375 e. The molecule has 0 saturated carbocycles. The molecule has 2 rings (SSSR count). The molecule has 0 atom stereocenters. The summed E-state index contributed by atoms with van der Waals surface area (Å²) in [5, 5.41) is 3.43. The Balaban J connectivity index is 1.90. The smallest absolute Gasteiger partial charge is 0.234 e. The monoisotopic (exact) mass is 405 g/mol. The van der Waals surface area contributed by atoms with Crippen LogP contribution in [0.2, 0.25) is 0 Å². The van der Waals surface area contributed by atoms with Crippen molar-refractivity contribution in [3.05, 3.63) is 33.5 Å². The van der Waals surface area contributed by atoms with Crippen LogP contribution in [0.4, 0.5) is 10.8 Å². The van der Waals surface area contributed by atoms with Gasteiger partial charge in [0.05, 0.1) is 16.2 Å². The van der Waals surface area contributed by atoms with Crippen LogP contribution in [0, 0.1) is 10.5 Å². The van der Waals surface area contributed by atoms with Gasteiger partial charge >= 0.3 is 0 Å². The zero-order chi connectivity index (χ0) is 13.8. The molecule has 1 amide bonds. The van der Waals surface area contributed by atoms with Gasteiger partial charge in [-0.2, -0.15) is 0 Å². The predicted octanol–water partition coefficient (Wildman–Crippen LogP) is 3.37. The van der Waals surface area contributed by atoms with Gasteiger partial charge in [-0.1, -0.05) is 11.3 Å². The maximum Gasteiger partial charge on any atom is 0.234 e. The SMILES string of the molecule is Cc1cc(I)ccc1NC(=O)CSc1cnc(N)s1. The number of nitrogens with zero attached hydrogens (tertiary/aromatic N) is 1. The number of nitrogen functional groups attached to an aromatic ring is 1. The molecule has 0 aliphatic rings. The molecular weight excluding hydrogens is 393 g/mol. The van der Waals surface area contributed by atoms with Crippen molar-refractivity contribution >= 4 is 62.4 Å². The molecule has 0 aliphatic carbocycles. The van der Waals surface area contributed by atoms with E-state index in [1.807, 2.05) is 25.1 Å². The summed E-state index contributed by atoms with van der Waals surface area (Å²) in [5.41, 5.74) is 7.45. The summed E-state index contributed by atoms with van der Waals surface area (Å²) in [6.07, 6.45) is 1.69. The van der Waals surface area contributed by atoms with Gasteiger partial charge in [0.15, 0.2) is 5.13 Å². The summed E-state index contributed by atoms with van der Waals surface area (Å²) in [4.78, 5) is 15.8. The molecular formula is C12H12IN3OS2. The standard InChI is InChI=1S/C12H12IN3OS2/c1-7-4-8(13)2-3-9(7)16-10(17)6-18-11-5-15-12(14)19-11/h2-5H,6H2,1H3,(H2,14,15)(H,16,17). The van der Waals surface area contributed by atoms with E-state index in [-0.39, 0.29) is 5.91 Å². The number of nitrogens with one attached hydrogen (secondary N) is 1. The molecule has 0 radical (unpaired) electrons. The van der Waals surface area contributed by atoms with Crippen molar-refractivity contribution in [3.8, 4) is 0 Å². The molecule has 0 saturated heterocycles. The van der Waals surface area contributed by atoms with E-state index >= 15 is 0 Å². The Bertz CT molecular complexity index is 600. The van der Waals surface area contributed by atoms with E-state index < -0.39 is 0 Å². The number of anilines is 2. The quantitative estimate of drug-likeness (QED) is 0.605.